The molecule has 0 saturated heterocycles. The number of pyridine rings is 1. The molecular weight excluding hydrogens is 398 g/mol. The number of fused-ring (bicyclic) bond motifs is 5. The van der Waals surface area contributed by atoms with E-state index in [9.17, 15) is 9.90 Å². The topological polar surface area (TPSA) is 78.1 Å². The van der Waals surface area contributed by atoms with Crippen molar-refractivity contribution < 1.29 is 45.8 Å². The van der Waals surface area contributed by atoms with Gasteiger partial charge in [0, 0.05) is 17.9 Å². The van der Waals surface area contributed by atoms with E-state index in [2.05, 4.69) is 0 Å². The molecule has 2 aliphatic rings. The summed E-state index contributed by atoms with van der Waals surface area (Å²) in [6, 6.07) is 8.68. The quantitative estimate of drug-likeness (QED) is 0.593. The van der Waals surface area contributed by atoms with Crippen molar-refractivity contribution in [2.75, 3.05) is 21.0 Å². The molecule has 2 aromatic carbocycles. The lowest BCUT2D eigenvalue weighted by Gasteiger charge is -2.21. The van der Waals surface area contributed by atoms with Gasteiger partial charge in [-0.2, -0.15) is 4.57 Å². The fourth-order valence-corrected chi connectivity index (χ4v) is 4.03. The molecule has 29 heavy (non-hydrogen) atoms. The Morgan fingerprint density at radius 1 is 1.07 bits per heavy atom. The minimum absolute atomic E-state index is 0. The van der Waals surface area contributed by atoms with Crippen LogP contribution in [-0.4, -0.2) is 32.1 Å². The van der Waals surface area contributed by atoms with E-state index in [4.69, 9.17) is 18.9 Å². The Bertz CT molecular complexity index is 1150. The molecule has 1 N–H and O–H groups in total. The molecule has 1 atom stereocenters. The van der Waals surface area contributed by atoms with Crippen LogP contribution < -0.4 is 35.9 Å². The second-order valence-electron chi connectivity index (χ2n) is 6.78. The van der Waals surface area contributed by atoms with Crippen molar-refractivity contribution in [1.29, 1.82) is 0 Å². The maximum absolute atomic E-state index is 12.0. The minimum atomic E-state index is -0.893. The third kappa shape index (κ3) is 2.81. The number of methoxy groups -OCH3 is 2. The third-order valence-corrected chi connectivity index (χ3v) is 5.38. The smallest absolute Gasteiger partial charge is 0.373 e. The number of hydrogen-bond acceptors (Lipinski definition) is 5. The molecule has 5 rings (SSSR count). The van der Waals surface area contributed by atoms with Crippen LogP contribution in [0.25, 0.3) is 22.0 Å². The van der Waals surface area contributed by atoms with E-state index >= 15 is 0 Å². The maximum Gasteiger partial charge on any atom is 0.373 e. The molecule has 1 unspecified atom stereocenters. The fraction of sp³-hybridized carbons (Fsp3) is 0.238. The van der Waals surface area contributed by atoms with Gasteiger partial charge in [0.2, 0.25) is 12.5 Å². The van der Waals surface area contributed by atoms with Crippen molar-refractivity contribution in [2.24, 2.45) is 0 Å². The fourth-order valence-electron chi connectivity index (χ4n) is 4.03. The second-order valence-corrected chi connectivity index (χ2v) is 6.78. The molecule has 0 spiro atoms. The van der Waals surface area contributed by atoms with Gasteiger partial charge in [-0.15, -0.1) is 0 Å². The summed E-state index contributed by atoms with van der Waals surface area (Å²) < 4.78 is 23.8. The molecule has 150 valence electrons. The summed E-state index contributed by atoms with van der Waals surface area (Å²) in [5.41, 5.74) is 2.62. The first-order chi connectivity index (χ1) is 13.6. The number of halogens is 1. The lowest BCUT2D eigenvalue weighted by atomic mass is 9.91. The lowest BCUT2D eigenvalue weighted by Crippen LogP contribution is -3.00. The number of nitrogens with zero attached hydrogens (tertiary/aromatic N) is 1. The van der Waals surface area contributed by atoms with Gasteiger partial charge in [-0.25, -0.2) is 4.79 Å². The Labute approximate surface area is 172 Å². The molecule has 0 fully saturated rings. The van der Waals surface area contributed by atoms with Crippen molar-refractivity contribution in [2.45, 2.75) is 12.5 Å². The number of rotatable bonds is 3. The van der Waals surface area contributed by atoms with Gasteiger partial charge < -0.3 is 36.5 Å². The van der Waals surface area contributed by atoms with E-state index in [0.717, 1.165) is 27.6 Å². The number of hydrogen-bond donors (Lipinski definition) is 1. The molecule has 3 heterocycles. The lowest BCUT2D eigenvalue weighted by molar-refractivity contribution is -0.700. The van der Waals surface area contributed by atoms with Crippen molar-refractivity contribution in [3.8, 4) is 34.3 Å². The largest absolute Gasteiger partial charge is 1.00 e. The number of benzene rings is 2. The highest BCUT2D eigenvalue weighted by molar-refractivity contribution is 5.94. The van der Waals surface area contributed by atoms with Crippen molar-refractivity contribution in [1.82, 2.24) is 0 Å². The summed E-state index contributed by atoms with van der Waals surface area (Å²) in [5, 5.41) is 11.5. The first kappa shape index (κ1) is 19.1. The van der Waals surface area contributed by atoms with Crippen LogP contribution in [0.3, 0.4) is 0 Å². The van der Waals surface area contributed by atoms with E-state index in [1.165, 1.54) is 0 Å². The van der Waals surface area contributed by atoms with Gasteiger partial charge in [-0.05, 0) is 29.8 Å². The summed E-state index contributed by atoms with van der Waals surface area (Å²) in [6.45, 7) is 0.170. The van der Waals surface area contributed by atoms with Crippen LogP contribution in [-0.2, 0) is 11.2 Å². The summed E-state index contributed by atoms with van der Waals surface area (Å²) in [7, 11) is 3.20. The normalized spacial score (nSPS) is 15.9. The Balaban J connectivity index is 0.00000205. The minimum Gasteiger partial charge on any atom is -1.00 e. The van der Waals surface area contributed by atoms with Crippen LogP contribution in [0, 0.1) is 0 Å². The van der Waals surface area contributed by atoms with E-state index in [0.29, 0.717) is 29.4 Å². The Morgan fingerprint density at radius 3 is 2.38 bits per heavy atom. The molecule has 0 saturated carbocycles. The van der Waals surface area contributed by atoms with Crippen LogP contribution in [0.2, 0.25) is 0 Å². The first-order valence-electron chi connectivity index (χ1n) is 8.86. The van der Waals surface area contributed by atoms with Crippen molar-refractivity contribution in [3.63, 3.8) is 0 Å². The van der Waals surface area contributed by atoms with Crippen LogP contribution in [0.5, 0.6) is 23.0 Å². The Morgan fingerprint density at radius 2 is 1.72 bits per heavy atom. The maximum atomic E-state index is 12.0. The third-order valence-electron chi connectivity index (χ3n) is 5.38. The molecule has 0 radical (unpaired) electrons. The Hall–Kier alpha value is -3.19. The standard InChI is InChI=1S/C21H17NO6.ClH/c1-25-17-3-4-18(26-2)14-9-22-15(7-13(14)17)12-8-20-19(27-10-28-20)6-11(12)5-16(22)21(23)24;/h3-4,6-9,16H,5,10H2,1-2H3;1H. The van der Waals surface area contributed by atoms with Crippen molar-refractivity contribution >= 4 is 16.7 Å². The van der Waals surface area contributed by atoms with Gasteiger partial charge in [0.05, 0.1) is 25.2 Å². The average molecular weight is 416 g/mol. The SMILES string of the molecule is COc1ccc(OC)c2c[n+]3c(cc12)-c1cc2c(cc1CC3C(=O)O)OCO2.[Cl-]. The number of carbonyl (C=O) groups is 1. The van der Waals surface area contributed by atoms with E-state index < -0.39 is 12.0 Å². The average Bonchev–Trinajstić information content (AvgIpc) is 3.16. The van der Waals surface area contributed by atoms with Gasteiger partial charge in [0.15, 0.2) is 17.7 Å². The molecule has 0 bridgehead atoms. The second kappa shape index (κ2) is 7.00. The highest BCUT2D eigenvalue weighted by atomic mass is 35.5. The predicted molar refractivity (Wildman–Crippen MR) is 99.2 cm³/mol. The molecule has 8 heteroatoms. The summed E-state index contributed by atoms with van der Waals surface area (Å²) in [5.74, 6) is 1.77. The summed E-state index contributed by atoms with van der Waals surface area (Å²) >= 11 is 0. The van der Waals surface area contributed by atoms with Crippen molar-refractivity contribution in [3.05, 3.63) is 42.1 Å². The number of aromatic nitrogens is 1. The molecule has 1 aromatic heterocycles. The zero-order chi connectivity index (χ0) is 19.4. The van der Waals surface area contributed by atoms with Crippen LogP contribution in [0.1, 0.15) is 11.6 Å². The molecule has 0 amide bonds. The molecule has 3 aromatic rings. The molecule has 2 aliphatic heterocycles. The van der Waals surface area contributed by atoms with Crippen LogP contribution in [0.4, 0.5) is 0 Å². The van der Waals surface area contributed by atoms with E-state index in [-0.39, 0.29) is 19.2 Å². The number of aliphatic carboxylic acids is 1. The molecule has 0 aliphatic carbocycles. The van der Waals surface area contributed by atoms with Gasteiger partial charge in [0.1, 0.15) is 11.5 Å². The first-order valence-corrected chi connectivity index (χ1v) is 8.86. The highest BCUT2D eigenvalue weighted by Gasteiger charge is 2.39. The zero-order valence-corrected chi connectivity index (χ0v) is 16.5. The van der Waals surface area contributed by atoms with Gasteiger partial charge in [0.25, 0.3) is 6.04 Å². The number of ether oxygens (including phenoxy) is 4. The van der Waals surface area contributed by atoms with Gasteiger partial charge in [-0.1, -0.05) is 0 Å². The van der Waals surface area contributed by atoms with E-state index in [1.807, 2.05) is 36.5 Å². The van der Waals surface area contributed by atoms with Gasteiger partial charge >= 0.3 is 5.97 Å². The van der Waals surface area contributed by atoms with E-state index in [1.54, 1.807) is 18.8 Å². The highest BCUT2D eigenvalue weighted by Crippen LogP contribution is 2.43. The number of carboxylic acids is 1. The zero-order valence-electron chi connectivity index (χ0n) is 15.8. The van der Waals surface area contributed by atoms with Crippen LogP contribution >= 0.6 is 0 Å². The molecular formula is C21H18ClNO6. The van der Waals surface area contributed by atoms with Gasteiger partial charge in [-0.3, -0.25) is 0 Å². The predicted octanol–water partition coefficient (Wildman–Crippen LogP) is -0.274. The monoisotopic (exact) mass is 415 g/mol. The summed E-state index contributed by atoms with van der Waals surface area (Å²) in [6.07, 6.45) is 2.19. The Kier molecular flexibility index (Phi) is 4.62. The van der Waals surface area contributed by atoms with Crippen LogP contribution in [0.15, 0.2) is 36.5 Å². The molecule has 7 nitrogen and oxygen atoms in total. The number of carboxylic acid groups (broad SMARTS) is 1. The summed E-state index contributed by atoms with van der Waals surface area (Å²) in [4.78, 5) is 12.0.